The Kier molecular flexibility index (Phi) is 5.64. The molecule has 27 heavy (non-hydrogen) atoms. The summed E-state index contributed by atoms with van der Waals surface area (Å²) in [4.78, 5) is 27.9. The quantitative estimate of drug-likeness (QED) is 0.650. The van der Waals surface area contributed by atoms with Crippen LogP contribution >= 0.6 is 11.6 Å². The van der Waals surface area contributed by atoms with Gasteiger partial charge in [0.2, 0.25) is 0 Å². The number of benzene rings is 2. The Morgan fingerprint density at radius 3 is 2.41 bits per heavy atom. The van der Waals surface area contributed by atoms with Gasteiger partial charge < -0.3 is 10.4 Å². The second kappa shape index (κ2) is 8.29. The zero-order valence-electron chi connectivity index (χ0n) is 14.1. The van der Waals surface area contributed by atoms with Gasteiger partial charge in [-0.2, -0.15) is 0 Å². The fraction of sp³-hybridized carbons (Fsp3) is 0. The number of carbonyl (C=O) groups excluding carboxylic acids is 1. The molecule has 1 heterocycles. The predicted octanol–water partition coefficient (Wildman–Crippen LogP) is 4.26. The topological polar surface area (TPSA) is 79.3 Å². The summed E-state index contributed by atoms with van der Waals surface area (Å²) in [6, 6.07) is 17.4. The highest BCUT2D eigenvalue weighted by atomic mass is 35.5. The number of nitrogens with one attached hydrogen (secondary N) is 1. The summed E-state index contributed by atoms with van der Waals surface area (Å²) in [6.07, 6.45) is 4.51. The largest absolute Gasteiger partial charge is 0.477 e. The average Bonchev–Trinajstić information content (AvgIpc) is 2.68. The third-order valence-electron chi connectivity index (χ3n) is 3.77. The summed E-state index contributed by atoms with van der Waals surface area (Å²) < 4.78 is 0. The van der Waals surface area contributed by atoms with Crippen molar-refractivity contribution in [2.45, 2.75) is 0 Å². The lowest BCUT2D eigenvalue weighted by Gasteiger charge is -2.08. The number of pyridine rings is 1. The van der Waals surface area contributed by atoms with E-state index in [-0.39, 0.29) is 5.70 Å². The first-order valence-electron chi connectivity index (χ1n) is 8.06. The minimum Gasteiger partial charge on any atom is -0.477 e. The molecule has 3 aromatic rings. The Bertz CT molecular complexity index is 1020. The second-order valence-corrected chi connectivity index (χ2v) is 6.08. The Labute approximate surface area is 161 Å². The van der Waals surface area contributed by atoms with Crippen molar-refractivity contribution >= 4 is 29.6 Å². The van der Waals surface area contributed by atoms with Crippen molar-refractivity contribution in [1.29, 1.82) is 0 Å². The van der Waals surface area contributed by atoms with Gasteiger partial charge in [-0.1, -0.05) is 48.0 Å². The molecule has 1 amide bonds. The molecule has 5 nitrogen and oxygen atoms in total. The summed E-state index contributed by atoms with van der Waals surface area (Å²) in [5.74, 6) is -1.75. The monoisotopic (exact) mass is 378 g/mol. The van der Waals surface area contributed by atoms with Gasteiger partial charge in [0.1, 0.15) is 5.70 Å². The van der Waals surface area contributed by atoms with Crippen molar-refractivity contribution in [3.05, 3.63) is 94.9 Å². The fourth-order valence-electron chi connectivity index (χ4n) is 2.48. The minimum atomic E-state index is -1.25. The van der Waals surface area contributed by atoms with E-state index < -0.39 is 11.9 Å². The maximum absolute atomic E-state index is 12.2. The number of amides is 1. The third kappa shape index (κ3) is 4.59. The first-order chi connectivity index (χ1) is 13.0. The third-order valence-corrected chi connectivity index (χ3v) is 4.10. The molecule has 0 spiro atoms. The van der Waals surface area contributed by atoms with E-state index in [1.807, 2.05) is 18.2 Å². The van der Waals surface area contributed by atoms with E-state index in [1.165, 1.54) is 12.3 Å². The van der Waals surface area contributed by atoms with Crippen LogP contribution in [0.3, 0.4) is 0 Å². The Balaban J connectivity index is 1.91. The standard InChI is InChI=1S/C21H15ClN2O3/c22-18-9-5-4-8-17(18)16-10-14(12-23-13-16)11-19(21(26)27)24-20(25)15-6-2-1-3-7-15/h1-13H,(H,24,25)(H,26,27)/b19-11+. The molecule has 6 heteroatoms. The van der Waals surface area contributed by atoms with Crippen LogP contribution in [0.15, 0.2) is 78.8 Å². The van der Waals surface area contributed by atoms with E-state index in [1.54, 1.807) is 48.7 Å². The van der Waals surface area contributed by atoms with E-state index in [4.69, 9.17) is 11.6 Å². The van der Waals surface area contributed by atoms with Crippen LogP contribution in [0.2, 0.25) is 5.02 Å². The van der Waals surface area contributed by atoms with Gasteiger partial charge in [0, 0.05) is 34.1 Å². The van der Waals surface area contributed by atoms with Crippen LogP contribution in [0.4, 0.5) is 0 Å². The van der Waals surface area contributed by atoms with Gasteiger partial charge in [-0.15, -0.1) is 0 Å². The van der Waals surface area contributed by atoms with Crippen molar-refractivity contribution in [2.75, 3.05) is 0 Å². The molecule has 0 saturated heterocycles. The highest BCUT2D eigenvalue weighted by Gasteiger charge is 2.13. The van der Waals surface area contributed by atoms with E-state index in [2.05, 4.69) is 10.3 Å². The smallest absolute Gasteiger partial charge is 0.352 e. The lowest BCUT2D eigenvalue weighted by atomic mass is 10.1. The van der Waals surface area contributed by atoms with E-state index in [0.717, 1.165) is 11.1 Å². The molecule has 0 radical (unpaired) electrons. The zero-order chi connectivity index (χ0) is 19.2. The maximum atomic E-state index is 12.2. The Morgan fingerprint density at radius 2 is 1.70 bits per heavy atom. The molecular weight excluding hydrogens is 364 g/mol. The van der Waals surface area contributed by atoms with Crippen LogP contribution in [0.5, 0.6) is 0 Å². The number of hydrogen-bond donors (Lipinski definition) is 2. The van der Waals surface area contributed by atoms with Gasteiger partial charge in [0.05, 0.1) is 0 Å². The first-order valence-corrected chi connectivity index (χ1v) is 8.44. The van der Waals surface area contributed by atoms with Crippen LogP contribution in [0, 0.1) is 0 Å². The van der Waals surface area contributed by atoms with Gasteiger partial charge in [-0.05, 0) is 35.9 Å². The van der Waals surface area contributed by atoms with Crippen molar-refractivity contribution in [3.8, 4) is 11.1 Å². The first kappa shape index (κ1) is 18.4. The molecule has 0 atom stereocenters. The van der Waals surface area contributed by atoms with Gasteiger partial charge in [-0.25, -0.2) is 4.79 Å². The van der Waals surface area contributed by atoms with Gasteiger partial charge in [0.15, 0.2) is 0 Å². The van der Waals surface area contributed by atoms with Crippen LogP contribution in [-0.2, 0) is 4.79 Å². The number of aromatic nitrogens is 1. The number of aliphatic carboxylic acids is 1. The molecule has 2 N–H and O–H groups in total. The molecule has 0 aliphatic heterocycles. The van der Waals surface area contributed by atoms with E-state index in [9.17, 15) is 14.7 Å². The molecule has 1 aromatic heterocycles. The van der Waals surface area contributed by atoms with Crippen molar-refractivity contribution < 1.29 is 14.7 Å². The van der Waals surface area contributed by atoms with Crippen LogP contribution in [0.1, 0.15) is 15.9 Å². The number of nitrogens with zero attached hydrogens (tertiary/aromatic N) is 1. The number of rotatable bonds is 5. The van der Waals surface area contributed by atoms with Crippen LogP contribution in [0.25, 0.3) is 17.2 Å². The normalized spacial score (nSPS) is 11.1. The molecule has 0 aliphatic carbocycles. The Morgan fingerprint density at radius 1 is 1.00 bits per heavy atom. The van der Waals surface area contributed by atoms with Gasteiger partial charge >= 0.3 is 5.97 Å². The summed E-state index contributed by atoms with van der Waals surface area (Å²) in [6.45, 7) is 0. The lowest BCUT2D eigenvalue weighted by Crippen LogP contribution is -2.27. The molecular formula is C21H15ClN2O3. The molecule has 134 valence electrons. The van der Waals surface area contributed by atoms with Crippen LogP contribution in [-0.4, -0.2) is 22.0 Å². The number of carbonyl (C=O) groups is 2. The lowest BCUT2D eigenvalue weighted by molar-refractivity contribution is -0.132. The van der Waals surface area contributed by atoms with Gasteiger partial charge in [-0.3, -0.25) is 9.78 Å². The Hall–Kier alpha value is -3.44. The molecule has 0 fully saturated rings. The molecule has 0 aliphatic rings. The highest BCUT2D eigenvalue weighted by Crippen LogP contribution is 2.27. The molecule has 0 unspecified atom stereocenters. The molecule has 2 aromatic carbocycles. The zero-order valence-corrected chi connectivity index (χ0v) is 14.9. The molecule has 0 saturated carbocycles. The number of hydrogen-bond acceptors (Lipinski definition) is 3. The number of carboxylic acid groups (broad SMARTS) is 1. The maximum Gasteiger partial charge on any atom is 0.352 e. The summed E-state index contributed by atoms with van der Waals surface area (Å²) in [7, 11) is 0. The number of carboxylic acids is 1. The van der Waals surface area contributed by atoms with Gasteiger partial charge in [0.25, 0.3) is 5.91 Å². The van der Waals surface area contributed by atoms with Crippen molar-refractivity contribution in [2.24, 2.45) is 0 Å². The van der Waals surface area contributed by atoms with E-state index in [0.29, 0.717) is 16.1 Å². The summed E-state index contributed by atoms with van der Waals surface area (Å²) in [5.41, 5.74) is 2.17. The summed E-state index contributed by atoms with van der Waals surface area (Å²) >= 11 is 6.21. The van der Waals surface area contributed by atoms with E-state index >= 15 is 0 Å². The second-order valence-electron chi connectivity index (χ2n) is 5.67. The highest BCUT2D eigenvalue weighted by molar-refractivity contribution is 6.33. The minimum absolute atomic E-state index is 0.248. The average molecular weight is 379 g/mol. The number of halogens is 1. The van der Waals surface area contributed by atoms with Crippen LogP contribution < -0.4 is 5.32 Å². The molecule has 3 rings (SSSR count). The molecule has 0 bridgehead atoms. The predicted molar refractivity (Wildman–Crippen MR) is 104 cm³/mol. The summed E-state index contributed by atoms with van der Waals surface area (Å²) in [5, 5.41) is 12.4. The SMILES string of the molecule is O=C(O)/C(=C\c1cncc(-c2ccccc2Cl)c1)NC(=O)c1ccccc1. The van der Waals surface area contributed by atoms with Crippen molar-refractivity contribution in [3.63, 3.8) is 0 Å². The fourth-order valence-corrected chi connectivity index (χ4v) is 2.73. The van der Waals surface area contributed by atoms with Crippen molar-refractivity contribution in [1.82, 2.24) is 10.3 Å².